The van der Waals surface area contributed by atoms with Crippen LogP contribution in [0.15, 0.2) is 0 Å². The van der Waals surface area contributed by atoms with Gasteiger partial charge in [0.15, 0.2) is 0 Å². The van der Waals surface area contributed by atoms with Gasteiger partial charge in [-0.2, -0.15) is 12.7 Å². The van der Waals surface area contributed by atoms with Gasteiger partial charge in [-0.15, -0.1) is 0 Å². The summed E-state index contributed by atoms with van der Waals surface area (Å²) in [7, 11) is -3.52. The van der Waals surface area contributed by atoms with Gasteiger partial charge < -0.3 is 5.32 Å². The van der Waals surface area contributed by atoms with Crippen molar-refractivity contribution in [3.8, 4) is 0 Å². The van der Waals surface area contributed by atoms with Crippen LogP contribution < -0.4 is 10.5 Å². The van der Waals surface area contributed by atoms with Gasteiger partial charge in [0.1, 0.15) is 0 Å². The molecular weight excluding hydrogens is 202 g/mol. The van der Waals surface area contributed by atoms with E-state index in [0.717, 1.165) is 13.0 Å². The van der Waals surface area contributed by atoms with Crippen LogP contribution in [0.25, 0.3) is 0 Å². The van der Waals surface area contributed by atoms with Crippen LogP contribution in [0.4, 0.5) is 0 Å². The van der Waals surface area contributed by atoms with Crippen LogP contribution in [0.2, 0.25) is 0 Å². The zero-order chi connectivity index (χ0) is 10.6. The summed E-state index contributed by atoms with van der Waals surface area (Å²) >= 11 is 0. The van der Waals surface area contributed by atoms with Gasteiger partial charge in [0, 0.05) is 19.1 Å². The van der Waals surface area contributed by atoms with Crippen LogP contribution in [0.3, 0.4) is 0 Å². The van der Waals surface area contributed by atoms with Gasteiger partial charge >= 0.3 is 0 Å². The Labute approximate surface area is 85.8 Å². The first-order valence-electron chi connectivity index (χ1n) is 5.05. The maximum atomic E-state index is 11.1. The first kappa shape index (κ1) is 11.9. The average Bonchev–Trinajstić information content (AvgIpc) is 2.14. The number of hydrogen-bond acceptors (Lipinski definition) is 3. The molecule has 1 rings (SSSR count). The Morgan fingerprint density at radius 1 is 1.50 bits per heavy atom. The highest BCUT2D eigenvalue weighted by atomic mass is 32.2. The molecule has 1 fully saturated rings. The standard InChI is InChI=1S/C8H19N3O2S/c1-2-11(14(9,12)13)7-8-5-3-4-6-10-8/h8,10H,2-7H2,1H3,(H2,9,12,13). The highest BCUT2D eigenvalue weighted by Gasteiger charge is 2.21. The monoisotopic (exact) mass is 221 g/mol. The Kier molecular flexibility index (Phi) is 4.31. The van der Waals surface area contributed by atoms with E-state index in [0.29, 0.717) is 13.1 Å². The van der Waals surface area contributed by atoms with Crippen molar-refractivity contribution in [2.45, 2.75) is 32.2 Å². The molecule has 0 radical (unpaired) electrons. The number of nitrogens with zero attached hydrogens (tertiary/aromatic N) is 1. The number of rotatable bonds is 4. The highest BCUT2D eigenvalue weighted by molar-refractivity contribution is 7.86. The third-order valence-electron chi connectivity index (χ3n) is 2.55. The van der Waals surface area contributed by atoms with E-state index in [1.54, 1.807) is 6.92 Å². The minimum Gasteiger partial charge on any atom is -0.313 e. The maximum absolute atomic E-state index is 11.1. The van der Waals surface area contributed by atoms with E-state index in [1.807, 2.05) is 0 Å². The molecule has 0 aliphatic carbocycles. The van der Waals surface area contributed by atoms with Crippen molar-refractivity contribution in [2.75, 3.05) is 19.6 Å². The lowest BCUT2D eigenvalue weighted by Gasteiger charge is -2.28. The molecule has 1 atom stereocenters. The van der Waals surface area contributed by atoms with Gasteiger partial charge in [-0.25, -0.2) is 5.14 Å². The molecule has 14 heavy (non-hydrogen) atoms. The lowest BCUT2D eigenvalue weighted by Crippen LogP contribution is -2.47. The summed E-state index contributed by atoms with van der Waals surface area (Å²) in [6.07, 6.45) is 3.38. The topological polar surface area (TPSA) is 75.4 Å². The van der Waals surface area contributed by atoms with Crippen molar-refractivity contribution in [2.24, 2.45) is 5.14 Å². The van der Waals surface area contributed by atoms with Gasteiger partial charge in [-0.3, -0.25) is 0 Å². The molecule has 3 N–H and O–H groups in total. The minimum absolute atomic E-state index is 0.266. The molecule has 0 bridgehead atoms. The molecule has 1 heterocycles. The molecule has 1 saturated heterocycles. The van der Waals surface area contributed by atoms with Crippen LogP contribution >= 0.6 is 0 Å². The predicted molar refractivity (Wildman–Crippen MR) is 56.0 cm³/mol. The third-order valence-corrected chi connectivity index (χ3v) is 3.68. The molecule has 1 aliphatic rings. The molecule has 0 saturated carbocycles. The Morgan fingerprint density at radius 2 is 2.21 bits per heavy atom. The molecule has 0 spiro atoms. The Hall–Kier alpha value is -0.170. The van der Waals surface area contributed by atoms with Gasteiger partial charge in [0.05, 0.1) is 0 Å². The van der Waals surface area contributed by atoms with Crippen molar-refractivity contribution in [3.63, 3.8) is 0 Å². The fourth-order valence-corrected chi connectivity index (χ4v) is 2.49. The quantitative estimate of drug-likeness (QED) is 0.681. The fraction of sp³-hybridized carbons (Fsp3) is 1.00. The number of nitrogens with one attached hydrogen (secondary N) is 1. The van der Waals surface area contributed by atoms with Gasteiger partial charge in [-0.05, 0) is 19.4 Å². The van der Waals surface area contributed by atoms with E-state index in [-0.39, 0.29) is 6.04 Å². The van der Waals surface area contributed by atoms with Gasteiger partial charge in [-0.1, -0.05) is 13.3 Å². The average molecular weight is 221 g/mol. The van der Waals surface area contributed by atoms with Crippen molar-refractivity contribution in [1.82, 2.24) is 9.62 Å². The zero-order valence-electron chi connectivity index (χ0n) is 8.57. The SMILES string of the molecule is CCN(CC1CCCCN1)S(N)(=O)=O. The third kappa shape index (κ3) is 3.53. The van der Waals surface area contributed by atoms with Crippen molar-refractivity contribution < 1.29 is 8.42 Å². The molecule has 5 nitrogen and oxygen atoms in total. The lowest BCUT2D eigenvalue weighted by atomic mass is 10.1. The Morgan fingerprint density at radius 3 is 2.64 bits per heavy atom. The summed E-state index contributed by atoms with van der Waals surface area (Å²) in [5.41, 5.74) is 0. The maximum Gasteiger partial charge on any atom is 0.276 e. The Balaban J connectivity index is 2.47. The van der Waals surface area contributed by atoms with Crippen LogP contribution in [0.5, 0.6) is 0 Å². The molecule has 1 unspecified atom stereocenters. The molecular formula is C8H19N3O2S. The summed E-state index contributed by atoms with van der Waals surface area (Å²) in [6.45, 7) is 3.71. The van der Waals surface area contributed by atoms with Crippen molar-refractivity contribution in [3.05, 3.63) is 0 Å². The minimum atomic E-state index is -3.52. The smallest absolute Gasteiger partial charge is 0.276 e. The second kappa shape index (κ2) is 5.06. The van der Waals surface area contributed by atoms with Crippen LogP contribution in [0.1, 0.15) is 26.2 Å². The number of piperidine rings is 1. The second-order valence-electron chi connectivity index (χ2n) is 3.64. The van der Waals surface area contributed by atoms with Crippen LogP contribution in [0, 0.1) is 0 Å². The molecule has 6 heteroatoms. The van der Waals surface area contributed by atoms with Crippen LogP contribution in [-0.4, -0.2) is 38.4 Å². The second-order valence-corrected chi connectivity index (χ2v) is 5.19. The molecule has 0 amide bonds. The van der Waals surface area contributed by atoms with Crippen LogP contribution in [-0.2, 0) is 10.2 Å². The van der Waals surface area contributed by atoms with E-state index < -0.39 is 10.2 Å². The summed E-state index contributed by atoms with van der Waals surface area (Å²) in [4.78, 5) is 0. The highest BCUT2D eigenvalue weighted by Crippen LogP contribution is 2.09. The van der Waals surface area contributed by atoms with E-state index in [2.05, 4.69) is 5.32 Å². The first-order chi connectivity index (χ1) is 6.54. The van der Waals surface area contributed by atoms with E-state index >= 15 is 0 Å². The number of hydrogen-bond donors (Lipinski definition) is 2. The lowest BCUT2D eigenvalue weighted by molar-refractivity contribution is 0.319. The summed E-state index contributed by atoms with van der Waals surface area (Å²) in [5.74, 6) is 0. The van der Waals surface area contributed by atoms with Crippen molar-refractivity contribution in [1.29, 1.82) is 0 Å². The number of likely N-dealkylation sites (N-methyl/N-ethyl adjacent to an activating group) is 1. The molecule has 84 valence electrons. The fourth-order valence-electron chi connectivity index (χ4n) is 1.74. The number of nitrogens with two attached hydrogens (primary N) is 1. The molecule has 0 aromatic carbocycles. The molecule has 0 aromatic heterocycles. The van der Waals surface area contributed by atoms with E-state index in [9.17, 15) is 8.42 Å². The van der Waals surface area contributed by atoms with Gasteiger partial charge in [0.25, 0.3) is 10.2 Å². The van der Waals surface area contributed by atoms with Gasteiger partial charge in [0.2, 0.25) is 0 Å². The summed E-state index contributed by atoms with van der Waals surface area (Å²) in [6, 6.07) is 0.266. The normalized spacial score (nSPS) is 24.1. The zero-order valence-corrected chi connectivity index (χ0v) is 9.39. The van der Waals surface area contributed by atoms with E-state index in [1.165, 1.54) is 17.1 Å². The van der Waals surface area contributed by atoms with E-state index in [4.69, 9.17) is 5.14 Å². The summed E-state index contributed by atoms with van der Waals surface area (Å²) in [5, 5.41) is 8.37. The summed E-state index contributed by atoms with van der Waals surface area (Å²) < 4.78 is 23.5. The molecule has 0 aromatic rings. The first-order valence-corrected chi connectivity index (χ1v) is 6.55. The largest absolute Gasteiger partial charge is 0.313 e. The molecule has 1 aliphatic heterocycles. The Bertz CT molecular complexity index is 260. The van der Waals surface area contributed by atoms with Crippen molar-refractivity contribution >= 4 is 10.2 Å². The predicted octanol–water partition coefficient (Wildman–Crippen LogP) is -0.346.